The quantitative estimate of drug-likeness (QED) is 0.417. The number of pyridine rings is 2. The van der Waals surface area contributed by atoms with Crippen molar-refractivity contribution >= 4 is 16.7 Å². The highest BCUT2D eigenvalue weighted by Gasteiger charge is 2.36. The molecule has 162 valence electrons. The standard InChI is InChI=1S/C23H18F3N5O/c1-14-6-8-17(9-7-14)31-22-21(15(2)28-31)18(23(24,25)26)11-20(32)30(22)13-16-12-29-10-4-3-5-19(29)27-16/h3-12H,13H2,1-2H3. The van der Waals surface area contributed by atoms with Gasteiger partial charge >= 0.3 is 6.18 Å². The summed E-state index contributed by atoms with van der Waals surface area (Å²) in [6.45, 7) is 3.44. The number of nitrogens with zero attached hydrogens (tertiary/aromatic N) is 5. The second-order valence-corrected chi connectivity index (χ2v) is 7.71. The molecule has 0 N–H and O–H groups in total. The van der Waals surface area contributed by atoms with Crippen LogP contribution in [0.25, 0.3) is 22.4 Å². The Bertz CT molecular complexity index is 1490. The molecule has 0 radical (unpaired) electrons. The van der Waals surface area contributed by atoms with Gasteiger partial charge in [-0.1, -0.05) is 23.8 Å². The third-order valence-electron chi connectivity index (χ3n) is 5.41. The largest absolute Gasteiger partial charge is 0.417 e. The lowest BCUT2D eigenvalue weighted by atomic mass is 10.1. The molecule has 0 saturated heterocycles. The Morgan fingerprint density at radius 1 is 1.03 bits per heavy atom. The minimum atomic E-state index is -4.69. The molecular weight excluding hydrogens is 419 g/mol. The normalized spacial score (nSPS) is 12.2. The number of rotatable bonds is 3. The van der Waals surface area contributed by atoms with Crippen LogP contribution in [-0.4, -0.2) is 23.7 Å². The second kappa shape index (κ2) is 7.08. The molecule has 0 aliphatic heterocycles. The van der Waals surface area contributed by atoms with Crippen molar-refractivity contribution in [2.24, 2.45) is 0 Å². The Labute approximate surface area is 180 Å². The van der Waals surface area contributed by atoms with Gasteiger partial charge in [0.15, 0.2) is 0 Å². The average Bonchev–Trinajstić information content (AvgIpc) is 3.30. The average molecular weight is 437 g/mol. The summed E-state index contributed by atoms with van der Waals surface area (Å²) < 4.78 is 46.0. The van der Waals surface area contributed by atoms with Crippen LogP contribution >= 0.6 is 0 Å². The van der Waals surface area contributed by atoms with E-state index in [4.69, 9.17) is 0 Å². The van der Waals surface area contributed by atoms with Gasteiger partial charge in [-0.2, -0.15) is 18.3 Å². The lowest BCUT2D eigenvalue weighted by Gasteiger charge is -2.14. The SMILES string of the molecule is Cc1ccc(-n2nc(C)c3c(C(F)(F)F)cc(=O)n(Cc4cn5ccccc5n4)c32)cc1. The van der Waals surface area contributed by atoms with E-state index in [2.05, 4.69) is 10.1 Å². The third-order valence-corrected chi connectivity index (χ3v) is 5.41. The van der Waals surface area contributed by atoms with Crippen molar-refractivity contribution in [1.29, 1.82) is 0 Å². The molecule has 0 aliphatic rings. The van der Waals surface area contributed by atoms with Crippen molar-refractivity contribution in [2.75, 3.05) is 0 Å². The van der Waals surface area contributed by atoms with E-state index in [9.17, 15) is 18.0 Å². The first kappa shape index (κ1) is 20.0. The van der Waals surface area contributed by atoms with Gasteiger partial charge in [-0.15, -0.1) is 0 Å². The first-order chi connectivity index (χ1) is 15.2. The van der Waals surface area contributed by atoms with Crippen LogP contribution in [0.1, 0.15) is 22.5 Å². The van der Waals surface area contributed by atoms with E-state index < -0.39 is 17.3 Å². The van der Waals surface area contributed by atoms with Crippen molar-refractivity contribution in [1.82, 2.24) is 23.7 Å². The Morgan fingerprint density at radius 2 is 1.78 bits per heavy atom. The monoisotopic (exact) mass is 437 g/mol. The highest BCUT2D eigenvalue weighted by atomic mass is 19.4. The zero-order valence-electron chi connectivity index (χ0n) is 17.3. The topological polar surface area (TPSA) is 57.1 Å². The Kier molecular flexibility index (Phi) is 4.44. The van der Waals surface area contributed by atoms with E-state index in [1.807, 2.05) is 43.5 Å². The van der Waals surface area contributed by atoms with E-state index >= 15 is 0 Å². The number of hydrogen-bond donors (Lipinski definition) is 0. The van der Waals surface area contributed by atoms with Crippen molar-refractivity contribution in [2.45, 2.75) is 26.6 Å². The lowest BCUT2D eigenvalue weighted by molar-refractivity contribution is -0.136. The minimum absolute atomic E-state index is 0.00610. The second-order valence-electron chi connectivity index (χ2n) is 7.71. The fraction of sp³-hybridized carbons (Fsp3) is 0.174. The van der Waals surface area contributed by atoms with Crippen molar-refractivity contribution in [3.63, 3.8) is 0 Å². The van der Waals surface area contributed by atoms with Gasteiger partial charge < -0.3 is 4.40 Å². The number of halogens is 3. The number of benzene rings is 1. The maximum Gasteiger partial charge on any atom is 0.417 e. The summed E-state index contributed by atoms with van der Waals surface area (Å²) in [4.78, 5) is 17.5. The molecule has 0 aliphatic carbocycles. The van der Waals surface area contributed by atoms with E-state index in [1.54, 1.807) is 22.7 Å². The summed E-state index contributed by atoms with van der Waals surface area (Å²) >= 11 is 0. The molecule has 0 atom stereocenters. The predicted molar refractivity (Wildman–Crippen MR) is 114 cm³/mol. The third kappa shape index (κ3) is 3.26. The minimum Gasteiger partial charge on any atom is -0.307 e. The molecule has 9 heteroatoms. The summed E-state index contributed by atoms with van der Waals surface area (Å²) in [5.74, 6) is 0. The molecule has 0 spiro atoms. The molecular formula is C23H18F3N5O. The van der Waals surface area contributed by atoms with Crippen molar-refractivity contribution in [3.05, 3.63) is 93.8 Å². The maximum atomic E-state index is 13.8. The molecule has 0 saturated carbocycles. The maximum absolute atomic E-state index is 13.8. The summed E-state index contributed by atoms with van der Waals surface area (Å²) in [5.41, 5.74) is 1.32. The summed E-state index contributed by atoms with van der Waals surface area (Å²) in [5, 5.41) is 4.29. The number of aryl methyl sites for hydroxylation is 2. The highest BCUT2D eigenvalue weighted by molar-refractivity contribution is 5.84. The first-order valence-corrected chi connectivity index (χ1v) is 9.92. The molecule has 0 bridgehead atoms. The van der Waals surface area contributed by atoms with Crippen LogP contribution in [0.4, 0.5) is 13.2 Å². The van der Waals surface area contributed by atoms with Crippen LogP contribution in [0, 0.1) is 13.8 Å². The lowest BCUT2D eigenvalue weighted by Crippen LogP contribution is -2.25. The van der Waals surface area contributed by atoms with Gasteiger partial charge in [0.05, 0.1) is 34.6 Å². The molecule has 0 fully saturated rings. The van der Waals surface area contributed by atoms with Gasteiger partial charge in [0.25, 0.3) is 5.56 Å². The fourth-order valence-electron chi connectivity index (χ4n) is 3.93. The Hall–Kier alpha value is -3.88. The smallest absolute Gasteiger partial charge is 0.307 e. The van der Waals surface area contributed by atoms with E-state index in [-0.39, 0.29) is 23.3 Å². The first-order valence-electron chi connectivity index (χ1n) is 9.92. The number of imidazole rings is 1. The Morgan fingerprint density at radius 3 is 2.47 bits per heavy atom. The number of alkyl halides is 3. The van der Waals surface area contributed by atoms with Gasteiger partial charge in [-0.3, -0.25) is 9.36 Å². The number of fused-ring (bicyclic) bond motifs is 2. The molecule has 6 nitrogen and oxygen atoms in total. The summed E-state index contributed by atoms with van der Waals surface area (Å²) in [7, 11) is 0. The fourth-order valence-corrected chi connectivity index (χ4v) is 3.93. The number of hydrogen-bond acceptors (Lipinski definition) is 3. The van der Waals surface area contributed by atoms with Crippen LogP contribution in [0.15, 0.2) is 65.7 Å². The van der Waals surface area contributed by atoms with Gasteiger partial charge in [-0.25, -0.2) is 9.67 Å². The zero-order valence-corrected chi connectivity index (χ0v) is 17.3. The molecule has 0 amide bonds. The van der Waals surface area contributed by atoms with Crippen LogP contribution in [0.3, 0.4) is 0 Å². The van der Waals surface area contributed by atoms with Crippen LogP contribution < -0.4 is 5.56 Å². The molecule has 0 unspecified atom stereocenters. The Balaban J connectivity index is 1.80. The summed E-state index contributed by atoms with van der Waals surface area (Å²) in [6.07, 6.45) is -1.12. The number of aromatic nitrogens is 5. The van der Waals surface area contributed by atoms with Gasteiger partial charge in [0.2, 0.25) is 0 Å². The van der Waals surface area contributed by atoms with Crippen LogP contribution in [0.2, 0.25) is 0 Å². The molecule has 1 aromatic carbocycles. The zero-order chi connectivity index (χ0) is 22.6. The molecule has 5 rings (SSSR count). The molecule has 4 heterocycles. The predicted octanol–water partition coefficient (Wildman–Crippen LogP) is 4.52. The van der Waals surface area contributed by atoms with Gasteiger partial charge in [0, 0.05) is 18.5 Å². The van der Waals surface area contributed by atoms with E-state index in [1.165, 1.54) is 16.2 Å². The molecule has 5 aromatic rings. The van der Waals surface area contributed by atoms with Gasteiger partial charge in [0.1, 0.15) is 11.3 Å². The van der Waals surface area contributed by atoms with Crippen LogP contribution in [0.5, 0.6) is 0 Å². The van der Waals surface area contributed by atoms with Crippen molar-refractivity contribution in [3.8, 4) is 5.69 Å². The summed E-state index contributed by atoms with van der Waals surface area (Å²) in [6, 6.07) is 13.4. The van der Waals surface area contributed by atoms with Crippen molar-refractivity contribution < 1.29 is 13.2 Å². The van der Waals surface area contributed by atoms with E-state index in [0.717, 1.165) is 5.56 Å². The van der Waals surface area contributed by atoms with Gasteiger partial charge in [-0.05, 0) is 38.1 Å². The molecule has 32 heavy (non-hydrogen) atoms. The van der Waals surface area contributed by atoms with Crippen LogP contribution in [-0.2, 0) is 12.7 Å². The molecule has 4 aromatic heterocycles. The van der Waals surface area contributed by atoms with E-state index in [0.29, 0.717) is 23.1 Å². The highest BCUT2D eigenvalue weighted by Crippen LogP contribution is 2.36.